The van der Waals surface area contributed by atoms with Gasteiger partial charge in [0.15, 0.2) is 4.90 Å². The van der Waals surface area contributed by atoms with E-state index >= 15 is 0 Å². The molecule has 0 radical (unpaired) electrons. The normalized spacial score (nSPS) is 23.2. The average Bonchev–Trinajstić information content (AvgIpc) is 2.47. The molecular weight excluding hydrogens is 294 g/mol. The summed E-state index contributed by atoms with van der Waals surface area (Å²) < 4.78 is 26.6. The number of nitro benzene ring substituents is 1. The Morgan fingerprint density at radius 1 is 1.29 bits per heavy atom. The second kappa shape index (κ2) is 6.08. The first-order chi connectivity index (χ1) is 9.84. The molecule has 1 aliphatic rings. The van der Waals surface area contributed by atoms with E-state index in [1.54, 1.807) is 0 Å². The van der Waals surface area contributed by atoms with Crippen molar-refractivity contribution in [3.05, 3.63) is 34.4 Å². The van der Waals surface area contributed by atoms with Crippen molar-refractivity contribution in [3.63, 3.8) is 0 Å². The minimum atomic E-state index is -3.85. The highest BCUT2D eigenvalue weighted by Crippen LogP contribution is 2.27. The summed E-state index contributed by atoms with van der Waals surface area (Å²) >= 11 is 0. The highest BCUT2D eigenvalue weighted by molar-refractivity contribution is 7.89. The lowest BCUT2D eigenvalue weighted by Crippen LogP contribution is -3.10. The van der Waals surface area contributed by atoms with Crippen LogP contribution >= 0.6 is 0 Å². The average molecular weight is 314 g/mol. The molecule has 1 aromatic carbocycles. The maximum Gasteiger partial charge on any atom is 0.289 e. The molecule has 8 heteroatoms. The van der Waals surface area contributed by atoms with E-state index in [-0.39, 0.29) is 16.6 Å². The van der Waals surface area contributed by atoms with Crippen molar-refractivity contribution >= 4 is 15.7 Å². The maximum atomic E-state index is 12.7. The second-order valence-electron chi connectivity index (χ2n) is 5.43. The van der Waals surface area contributed by atoms with Crippen molar-refractivity contribution in [2.24, 2.45) is 0 Å². The topological polar surface area (TPSA) is 85.0 Å². The maximum absolute atomic E-state index is 12.7. The molecule has 0 unspecified atom stereocenters. The molecule has 1 heterocycles. The standard InChI is InChI=1S/C13H19N3O4S/c1-14-9-7-11(8-10-14)15(2)21(19,20)13-6-4-3-5-12(13)16(17)18/h3-6,11H,7-10H2,1-2H3/p+1. The molecule has 0 amide bonds. The molecule has 1 N–H and O–H groups in total. The Balaban J connectivity index is 2.32. The van der Waals surface area contributed by atoms with E-state index in [9.17, 15) is 18.5 Å². The number of quaternary nitrogens is 1. The molecule has 1 fully saturated rings. The van der Waals surface area contributed by atoms with E-state index in [4.69, 9.17) is 0 Å². The molecule has 0 aromatic heterocycles. The number of sulfonamides is 1. The highest BCUT2D eigenvalue weighted by Gasteiger charge is 2.35. The first kappa shape index (κ1) is 15.9. The quantitative estimate of drug-likeness (QED) is 0.621. The molecule has 0 spiro atoms. The van der Waals surface area contributed by atoms with E-state index in [2.05, 4.69) is 7.05 Å². The van der Waals surface area contributed by atoms with Crippen LogP contribution in [0.25, 0.3) is 0 Å². The third kappa shape index (κ3) is 3.22. The molecule has 2 rings (SSSR count). The van der Waals surface area contributed by atoms with Crippen LogP contribution in [0.15, 0.2) is 29.2 Å². The van der Waals surface area contributed by atoms with Crippen molar-refractivity contribution in [2.45, 2.75) is 23.8 Å². The zero-order valence-electron chi connectivity index (χ0n) is 12.2. The van der Waals surface area contributed by atoms with Crippen LogP contribution < -0.4 is 4.90 Å². The molecule has 7 nitrogen and oxygen atoms in total. The van der Waals surface area contributed by atoms with Crippen molar-refractivity contribution < 1.29 is 18.2 Å². The smallest absolute Gasteiger partial charge is 0.289 e. The van der Waals surface area contributed by atoms with Crippen LogP contribution in [0.4, 0.5) is 5.69 Å². The molecule has 0 aliphatic carbocycles. The lowest BCUT2D eigenvalue weighted by molar-refractivity contribution is -0.885. The van der Waals surface area contributed by atoms with Gasteiger partial charge in [-0.2, -0.15) is 4.31 Å². The van der Waals surface area contributed by atoms with Crippen LogP contribution in [-0.4, -0.2) is 50.9 Å². The Morgan fingerprint density at radius 3 is 2.43 bits per heavy atom. The Hall–Kier alpha value is -1.51. The van der Waals surface area contributed by atoms with Gasteiger partial charge in [-0.05, 0) is 6.07 Å². The zero-order valence-corrected chi connectivity index (χ0v) is 13.0. The van der Waals surface area contributed by atoms with Crippen LogP contribution in [0.2, 0.25) is 0 Å². The number of likely N-dealkylation sites (tertiary alicyclic amines) is 1. The van der Waals surface area contributed by atoms with Crippen LogP contribution in [0.1, 0.15) is 12.8 Å². The minimum Gasteiger partial charge on any atom is -0.337 e. The van der Waals surface area contributed by atoms with Crippen LogP contribution in [0, 0.1) is 10.1 Å². The lowest BCUT2D eigenvalue weighted by atomic mass is 10.1. The van der Waals surface area contributed by atoms with Gasteiger partial charge < -0.3 is 4.90 Å². The number of nitro groups is 1. The van der Waals surface area contributed by atoms with E-state index in [0.717, 1.165) is 25.9 Å². The second-order valence-corrected chi connectivity index (χ2v) is 7.40. The third-order valence-corrected chi connectivity index (χ3v) is 6.00. The summed E-state index contributed by atoms with van der Waals surface area (Å²) in [4.78, 5) is 11.5. The fraction of sp³-hybridized carbons (Fsp3) is 0.538. The van der Waals surface area contributed by atoms with Gasteiger partial charge in [0, 0.05) is 32.0 Å². The van der Waals surface area contributed by atoms with Gasteiger partial charge in [0.05, 0.1) is 25.1 Å². The molecule has 1 aromatic rings. The fourth-order valence-corrected chi connectivity index (χ4v) is 4.21. The molecule has 21 heavy (non-hydrogen) atoms. The number of benzene rings is 1. The van der Waals surface area contributed by atoms with E-state index < -0.39 is 14.9 Å². The molecular formula is C13H20N3O4S+. The summed E-state index contributed by atoms with van der Waals surface area (Å²) in [5.41, 5.74) is -0.372. The van der Waals surface area contributed by atoms with Gasteiger partial charge >= 0.3 is 0 Å². The summed E-state index contributed by atoms with van der Waals surface area (Å²) in [6.07, 6.45) is 1.53. The van der Waals surface area contributed by atoms with Gasteiger partial charge in [-0.15, -0.1) is 0 Å². The predicted octanol–water partition coefficient (Wildman–Crippen LogP) is -0.108. The lowest BCUT2D eigenvalue weighted by Gasteiger charge is -2.32. The third-order valence-electron chi connectivity index (χ3n) is 4.04. The van der Waals surface area contributed by atoms with Gasteiger partial charge in [-0.25, -0.2) is 8.42 Å². The first-order valence-corrected chi connectivity index (χ1v) is 8.31. The SMILES string of the molecule is CN(C1CC[NH+](C)CC1)S(=O)(=O)c1ccccc1[N+](=O)[O-]. The number of hydrogen-bond donors (Lipinski definition) is 1. The zero-order chi connectivity index (χ0) is 15.6. The monoisotopic (exact) mass is 314 g/mol. The Labute approximate surface area is 124 Å². The summed E-state index contributed by atoms with van der Waals surface area (Å²) in [6, 6.07) is 5.39. The van der Waals surface area contributed by atoms with Crippen molar-refractivity contribution in [1.82, 2.24) is 4.31 Å². The first-order valence-electron chi connectivity index (χ1n) is 6.87. The van der Waals surface area contributed by atoms with Gasteiger partial charge in [-0.3, -0.25) is 10.1 Å². The predicted molar refractivity (Wildman–Crippen MR) is 77.7 cm³/mol. The summed E-state index contributed by atoms with van der Waals surface area (Å²) in [7, 11) is -0.262. The molecule has 116 valence electrons. The van der Waals surface area contributed by atoms with E-state index in [1.807, 2.05) is 0 Å². The number of nitrogens with zero attached hydrogens (tertiary/aromatic N) is 2. The fourth-order valence-electron chi connectivity index (χ4n) is 2.64. The van der Waals surface area contributed by atoms with Crippen LogP contribution in [0.5, 0.6) is 0 Å². The molecule has 0 atom stereocenters. The van der Waals surface area contributed by atoms with Crippen molar-refractivity contribution in [1.29, 1.82) is 0 Å². The molecule has 1 saturated heterocycles. The minimum absolute atomic E-state index is 0.0986. The Bertz CT molecular complexity index is 624. The number of hydrogen-bond acceptors (Lipinski definition) is 4. The van der Waals surface area contributed by atoms with E-state index in [1.165, 1.54) is 40.5 Å². The van der Waals surface area contributed by atoms with Crippen molar-refractivity contribution in [3.8, 4) is 0 Å². The van der Waals surface area contributed by atoms with Gasteiger partial charge in [0.25, 0.3) is 5.69 Å². The molecule has 0 bridgehead atoms. The number of rotatable bonds is 4. The van der Waals surface area contributed by atoms with Crippen molar-refractivity contribution in [2.75, 3.05) is 27.2 Å². The molecule has 0 saturated carbocycles. The van der Waals surface area contributed by atoms with Gasteiger partial charge in [-0.1, -0.05) is 12.1 Å². The van der Waals surface area contributed by atoms with Gasteiger partial charge in [0.2, 0.25) is 10.0 Å². The van der Waals surface area contributed by atoms with Crippen LogP contribution in [0.3, 0.4) is 0 Å². The van der Waals surface area contributed by atoms with Crippen LogP contribution in [-0.2, 0) is 10.0 Å². The number of para-hydroxylation sites is 1. The Kier molecular flexibility index (Phi) is 4.60. The largest absolute Gasteiger partial charge is 0.337 e. The Morgan fingerprint density at radius 2 is 1.86 bits per heavy atom. The number of piperidine rings is 1. The highest BCUT2D eigenvalue weighted by atomic mass is 32.2. The van der Waals surface area contributed by atoms with Gasteiger partial charge in [0.1, 0.15) is 0 Å². The summed E-state index contributed by atoms with van der Waals surface area (Å²) in [5, 5.41) is 11.0. The van der Waals surface area contributed by atoms with E-state index in [0.29, 0.717) is 0 Å². The number of nitrogens with one attached hydrogen (secondary N) is 1. The molecule has 1 aliphatic heterocycles. The summed E-state index contributed by atoms with van der Waals surface area (Å²) in [5.74, 6) is 0. The summed E-state index contributed by atoms with van der Waals surface area (Å²) in [6.45, 7) is 1.81.